The van der Waals surface area contributed by atoms with E-state index in [9.17, 15) is 0 Å². The van der Waals surface area contributed by atoms with E-state index in [1.165, 1.54) is 5.82 Å². The van der Waals surface area contributed by atoms with Crippen LogP contribution < -0.4 is 0 Å². The van der Waals surface area contributed by atoms with Gasteiger partial charge in [-0.2, -0.15) is 0 Å². The van der Waals surface area contributed by atoms with Crippen LogP contribution in [0.25, 0.3) is 0 Å². The lowest BCUT2D eigenvalue weighted by Gasteiger charge is -2.06. The molecule has 1 aliphatic rings. The Balaban J connectivity index is 2.24. The van der Waals surface area contributed by atoms with Crippen LogP contribution in [0.15, 0.2) is 0 Å². The van der Waals surface area contributed by atoms with E-state index in [0.29, 0.717) is 6.71 Å². The first-order valence-electron chi connectivity index (χ1n) is 3.02. The smallest absolute Gasteiger partial charge is 0.0858 e. The lowest BCUT2D eigenvalue weighted by atomic mass is 9.44. The maximum absolute atomic E-state index is 2.20. The van der Waals surface area contributed by atoms with Gasteiger partial charge < -0.3 is 0 Å². The van der Waals surface area contributed by atoms with E-state index >= 15 is 0 Å². The molecule has 1 aliphatic carbocycles. The quantitative estimate of drug-likeness (QED) is 0.445. The first-order chi connectivity index (χ1) is 3.80. The van der Waals surface area contributed by atoms with E-state index in [1.807, 2.05) is 0 Å². The zero-order valence-electron chi connectivity index (χ0n) is 5.39. The molecule has 1 rings (SSSR count). The van der Waals surface area contributed by atoms with Crippen molar-refractivity contribution in [3.8, 4) is 0 Å². The summed E-state index contributed by atoms with van der Waals surface area (Å²) in [5, 5.41) is 0. The van der Waals surface area contributed by atoms with Crippen molar-refractivity contribution in [2.75, 3.05) is 0 Å². The highest BCUT2D eigenvalue weighted by Crippen LogP contribution is 2.24. The highest BCUT2D eigenvalue weighted by Gasteiger charge is 2.21. The van der Waals surface area contributed by atoms with Crippen LogP contribution in [-0.4, -0.2) is 6.71 Å². The van der Waals surface area contributed by atoms with Crippen molar-refractivity contribution >= 4 is 6.71 Å². The second kappa shape index (κ2) is 2.57. The summed E-state index contributed by atoms with van der Waals surface area (Å²) < 4.78 is 0. The zero-order chi connectivity index (χ0) is 5.98. The van der Waals surface area contributed by atoms with Crippen molar-refractivity contribution in [2.24, 2.45) is 0 Å². The van der Waals surface area contributed by atoms with Crippen molar-refractivity contribution in [1.29, 1.82) is 0 Å². The standard InChI is InChI=1S/C7H10B/c1-8(2)7-5-3-4-6-7/h3-6H,1-2H3. The lowest BCUT2D eigenvalue weighted by molar-refractivity contribution is 1.46. The van der Waals surface area contributed by atoms with E-state index in [0.717, 1.165) is 0 Å². The lowest BCUT2D eigenvalue weighted by Crippen LogP contribution is -2.12. The van der Waals surface area contributed by atoms with Crippen LogP contribution in [0, 0.1) is 31.5 Å². The van der Waals surface area contributed by atoms with E-state index in [2.05, 4.69) is 39.3 Å². The molecule has 0 unspecified atom stereocenters. The highest BCUT2D eigenvalue weighted by molar-refractivity contribution is 6.63. The minimum atomic E-state index is 0.685. The summed E-state index contributed by atoms with van der Waals surface area (Å²) in [6, 6.07) is 0. The van der Waals surface area contributed by atoms with Gasteiger partial charge in [-0.05, 0) is 31.5 Å². The third-order valence-corrected chi connectivity index (χ3v) is 1.36. The molecule has 0 heterocycles. The summed E-state index contributed by atoms with van der Waals surface area (Å²) in [6.07, 6.45) is 8.47. The molecular formula is C7H10B. The van der Waals surface area contributed by atoms with Crippen molar-refractivity contribution in [1.82, 2.24) is 0 Å². The van der Waals surface area contributed by atoms with Gasteiger partial charge in [0.05, 0.1) is 0 Å². The Bertz CT molecular complexity index is 62.8. The SMILES string of the molecule is CB(C)[C]1[CH][CH][CH][CH]1. The molecule has 0 aromatic heterocycles. The predicted octanol–water partition coefficient (Wildman–Crippen LogP) is 1.69. The molecule has 1 fully saturated rings. The minimum Gasteiger partial charge on any atom is -0.0858 e. The molecule has 0 spiro atoms. The Morgan fingerprint density at radius 1 is 1.12 bits per heavy atom. The van der Waals surface area contributed by atoms with Gasteiger partial charge in [-0.25, -0.2) is 0 Å². The molecule has 8 heavy (non-hydrogen) atoms. The van der Waals surface area contributed by atoms with E-state index < -0.39 is 0 Å². The van der Waals surface area contributed by atoms with Gasteiger partial charge in [0.2, 0.25) is 0 Å². The van der Waals surface area contributed by atoms with Crippen LogP contribution in [0.1, 0.15) is 0 Å². The van der Waals surface area contributed by atoms with Crippen molar-refractivity contribution in [2.45, 2.75) is 13.6 Å². The van der Waals surface area contributed by atoms with E-state index in [1.54, 1.807) is 0 Å². The van der Waals surface area contributed by atoms with Gasteiger partial charge in [0.15, 0.2) is 0 Å². The fourth-order valence-electron chi connectivity index (χ4n) is 0.774. The average molecular weight is 105 g/mol. The Labute approximate surface area is 52.7 Å². The molecule has 0 saturated heterocycles. The topological polar surface area (TPSA) is 0 Å². The van der Waals surface area contributed by atoms with Gasteiger partial charge in [0.1, 0.15) is 6.71 Å². The second-order valence-corrected chi connectivity index (χ2v) is 2.37. The van der Waals surface area contributed by atoms with Gasteiger partial charge in [-0.1, -0.05) is 13.6 Å². The molecule has 1 saturated carbocycles. The summed E-state index contributed by atoms with van der Waals surface area (Å²) in [7, 11) is 0. The third-order valence-electron chi connectivity index (χ3n) is 1.36. The molecule has 0 nitrogen and oxygen atoms in total. The predicted molar refractivity (Wildman–Crippen MR) is 37.9 cm³/mol. The first-order valence-corrected chi connectivity index (χ1v) is 3.02. The van der Waals surface area contributed by atoms with Gasteiger partial charge in [0, 0.05) is 0 Å². The normalized spacial score (nSPS) is 21.8. The highest BCUT2D eigenvalue weighted by atomic mass is 14.1. The maximum Gasteiger partial charge on any atom is 0.140 e. The molecule has 0 N–H and O–H groups in total. The third kappa shape index (κ3) is 1.27. The summed E-state index contributed by atoms with van der Waals surface area (Å²) in [5.41, 5.74) is 0. The second-order valence-electron chi connectivity index (χ2n) is 2.37. The molecule has 0 aromatic rings. The Hall–Kier alpha value is 0.0649. The van der Waals surface area contributed by atoms with Crippen LogP contribution in [0.3, 0.4) is 0 Å². The van der Waals surface area contributed by atoms with Crippen molar-refractivity contribution in [3.63, 3.8) is 0 Å². The maximum atomic E-state index is 2.20. The molecule has 1 heteroatoms. The Morgan fingerprint density at radius 2 is 1.62 bits per heavy atom. The van der Waals surface area contributed by atoms with E-state index in [4.69, 9.17) is 0 Å². The van der Waals surface area contributed by atoms with Crippen molar-refractivity contribution < 1.29 is 0 Å². The van der Waals surface area contributed by atoms with E-state index in [-0.39, 0.29) is 0 Å². The fraction of sp³-hybridized carbons (Fsp3) is 0.286. The average Bonchev–Trinajstić information content (AvgIpc) is 2.12. The van der Waals surface area contributed by atoms with Crippen LogP contribution in [0.5, 0.6) is 0 Å². The summed E-state index contributed by atoms with van der Waals surface area (Å²) in [5.74, 6) is 1.44. The number of hydrogen-bond donors (Lipinski definition) is 0. The Kier molecular flexibility index (Phi) is 1.98. The molecule has 5 radical (unpaired) electrons. The summed E-state index contributed by atoms with van der Waals surface area (Å²) in [6.45, 7) is 5.09. The zero-order valence-corrected chi connectivity index (χ0v) is 5.39. The molecule has 0 amide bonds. The molecule has 0 aliphatic heterocycles. The minimum absolute atomic E-state index is 0.685. The first kappa shape index (κ1) is 6.19. The van der Waals surface area contributed by atoms with Crippen LogP contribution in [0.4, 0.5) is 0 Å². The van der Waals surface area contributed by atoms with Crippen LogP contribution in [0.2, 0.25) is 13.6 Å². The molecular weight excluding hydrogens is 94.9 g/mol. The van der Waals surface area contributed by atoms with Crippen molar-refractivity contribution in [3.05, 3.63) is 31.5 Å². The Morgan fingerprint density at radius 3 is 1.88 bits per heavy atom. The monoisotopic (exact) mass is 105 g/mol. The summed E-state index contributed by atoms with van der Waals surface area (Å²) in [4.78, 5) is 0. The van der Waals surface area contributed by atoms with Gasteiger partial charge >= 0.3 is 0 Å². The summed E-state index contributed by atoms with van der Waals surface area (Å²) >= 11 is 0. The van der Waals surface area contributed by atoms with Crippen LogP contribution in [-0.2, 0) is 0 Å². The van der Waals surface area contributed by atoms with Gasteiger partial charge in [-0.15, -0.1) is 0 Å². The molecule has 0 atom stereocenters. The molecule has 0 aromatic carbocycles. The molecule has 0 bridgehead atoms. The largest absolute Gasteiger partial charge is 0.140 e. The number of hydrogen-bond acceptors (Lipinski definition) is 0. The molecule has 41 valence electrons. The van der Waals surface area contributed by atoms with Crippen LogP contribution >= 0.6 is 0 Å². The fourth-order valence-corrected chi connectivity index (χ4v) is 0.774. The van der Waals surface area contributed by atoms with Gasteiger partial charge in [0.25, 0.3) is 0 Å². The van der Waals surface area contributed by atoms with Gasteiger partial charge in [-0.3, -0.25) is 0 Å². The number of rotatable bonds is 1.